The first-order valence-electron chi connectivity index (χ1n) is 9.37. The smallest absolute Gasteiger partial charge is 0.231 e. The van der Waals surface area contributed by atoms with Gasteiger partial charge < -0.3 is 25.0 Å². The third-order valence-electron chi connectivity index (χ3n) is 4.91. The molecule has 0 aromatic heterocycles. The van der Waals surface area contributed by atoms with Crippen molar-refractivity contribution in [3.63, 3.8) is 0 Å². The number of aliphatic imine (C=N–C) groups is 1. The molecule has 0 unspecified atom stereocenters. The molecule has 0 bridgehead atoms. The second kappa shape index (κ2) is 8.94. The molecule has 1 heterocycles. The summed E-state index contributed by atoms with van der Waals surface area (Å²) in [4.78, 5) is 7.16. The fourth-order valence-corrected chi connectivity index (χ4v) is 3.43. The third kappa shape index (κ3) is 5.01. The molecule has 2 N–H and O–H groups in total. The maximum absolute atomic E-state index is 5.43. The van der Waals surface area contributed by atoms with Crippen LogP contribution in [0.25, 0.3) is 0 Å². The van der Waals surface area contributed by atoms with Gasteiger partial charge in [-0.2, -0.15) is 0 Å². The summed E-state index contributed by atoms with van der Waals surface area (Å²) in [6, 6.07) is 6.75. The van der Waals surface area contributed by atoms with E-state index < -0.39 is 0 Å². The molecule has 1 aliphatic carbocycles. The van der Waals surface area contributed by atoms with E-state index in [2.05, 4.69) is 34.5 Å². The molecule has 1 fully saturated rings. The van der Waals surface area contributed by atoms with E-state index in [1.54, 1.807) is 0 Å². The highest BCUT2D eigenvalue weighted by molar-refractivity contribution is 5.79. The molecular formula is C19H30N4O2. The maximum Gasteiger partial charge on any atom is 0.231 e. The molecule has 25 heavy (non-hydrogen) atoms. The SMILES string of the molecule is CCNC(=NCc1ccc2c(c1)OCO2)NCCN(C)C1CCCC1. The number of likely N-dealkylation sites (N-methyl/N-ethyl adjacent to an activating group) is 1. The molecule has 0 amide bonds. The van der Waals surface area contributed by atoms with E-state index in [0.29, 0.717) is 13.3 Å². The fraction of sp³-hybridized carbons (Fsp3) is 0.632. The number of ether oxygens (including phenoxy) is 2. The molecular weight excluding hydrogens is 316 g/mol. The molecule has 0 saturated heterocycles. The fourth-order valence-electron chi connectivity index (χ4n) is 3.43. The van der Waals surface area contributed by atoms with Gasteiger partial charge in [-0.15, -0.1) is 0 Å². The first kappa shape index (κ1) is 17.9. The molecule has 0 radical (unpaired) electrons. The van der Waals surface area contributed by atoms with Crippen molar-refractivity contribution in [2.45, 2.75) is 45.2 Å². The van der Waals surface area contributed by atoms with Crippen molar-refractivity contribution in [1.82, 2.24) is 15.5 Å². The lowest BCUT2D eigenvalue weighted by molar-refractivity contribution is 0.174. The van der Waals surface area contributed by atoms with Gasteiger partial charge in [0.25, 0.3) is 0 Å². The molecule has 0 atom stereocenters. The average molecular weight is 346 g/mol. The summed E-state index contributed by atoms with van der Waals surface area (Å²) < 4.78 is 10.8. The number of guanidine groups is 1. The Bertz CT molecular complexity index is 585. The van der Waals surface area contributed by atoms with Gasteiger partial charge in [0.1, 0.15) is 0 Å². The average Bonchev–Trinajstić information content (AvgIpc) is 3.30. The number of nitrogens with zero attached hydrogens (tertiary/aromatic N) is 2. The molecule has 0 spiro atoms. The number of benzene rings is 1. The molecule has 1 aliphatic heterocycles. The standard InChI is InChI=1S/C19H30N4O2/c1-3-20-19(21-10-11-23(2)16-6-4-5-7-16)22-13-15-8-9-17-18(12-15)25-14-24-17/h8-9,12,16H,3-7,10-11,13-14H2,1-2H3,(H2,20,21,22). The van der Waals surface area contributed by atoms with E-state index in [1.165, 1.54) is 25.7 Å². The lowest BCUT2D eigenvalue weighted by Gasteiger charge is -2.24. The van der Waals surface area contributed by atoms with Crippen molar-refractivity contribution in [2.75, 3.05) is 33.5 Å². The highest BCUT2D eigenvalue weighted by Gasteiger charge is 2.18. The lowest BCUT2D eigenvalue weighted by atomic mass is 10.2. The van der Waals surface area contributed by atoms with Crippen LogP contribution in [-0.4, -0.2) is 50.4 Å². The van der Waals surface area contributed by atoms with Crippen LogP contribution in [-0.2, 0) is 6.54 Å². The van der Waals surface area contributed by atoms with Crippen molar-refractivity contribution >= 4 is 5.96 Å². The van der Waals surface area contributed by atoms with Crippen LogP contribution in [0.3, 0.4) is 0 Å². The number of hydrogen-bond donors (Lipinski definition) is 2. The molecule has 3 rings (SSSR count). The largest absolute Gasteiger partial charge is 0.454 e. The Hall–Kier alpha value is -1.95. The second-order valence-electron chi connectivity index (χ2n) is 6.73. The summed E-state index contributed by atoms with van der Waals surface area (Å²) >= 11 is 0. The quantitative estimate of drug-likeness (QED) is 0.586. The zero-order chi connectivity index (χ0) is 17.5. The Kier molecular flexibility index (Phi) is 6.39. The van der Waals surface area contributed by atoms with Crippen LogP contribution < -0.4 is 20.1 Å². The van der Waals surface area contributed by atoms with Crippen LogP contribution in [0.4, 0.5) is 0 Å². The van der Waals surface area contributed by atoms with Gasteiger partial charge in [0.2, 0.25) is 6.79 Å². The lowest BCUT2D eigenvalue weighted by Crippen LogP contribution is -2.42. The molecule has 138 valence electrons. The Morgan fingerprint density at radius 3 is 2.80 bits per heavy atom. The van der Waals surface area contributed by atoms with Crippen molar-refractivity contribution in [2.24, 2.45) is 4.99 Å². The monoisotopic (exact) mass is 346 g/mol. The van der Waals surface area contributed by atoms with Gasteiger partial charge in [0.05, 0.1) is 6.54 Å². The van der Waals surface area contributed by atoms with Gasteiger partial charge in [0, 0.05) is 25.7 Å². The minimum Gasteiger partial charge on any atom is -0.454 e. The molecule has 2 aliphatic rings. The normalized spacial score (nSPS) is 17.3. The van der Waals surface area contributed by atoms with E-state index in [9.17, 15) is 0 Å². The van der Waals surface area contributed by atoms with Crippen molar-refractivity contribution in [3.8, 4) is 11.5 Å². The Morgan fingerprint density at radius 2 is 2.00 bits per heavy atom. The van der Waals surface area contributed by atoms with Gasteiger partial charge in [-0.25, -0.2) is 4.99 Å². The third-order valence-corrected chi connectivity index (χ3v) is 4.91. The molecule has 1 aromatic carbocycles. The zero-order valence-electron chi connectivity index (χ0n) is 15.4. The van der Waals surface area contributed by atoms with Gasteiger partial charge in [-0.1, -0.05) is 18.9 Å². The van der Waals surface area contributed by atoms with E-state index in [0.717, 1.165) is 48.7 Å². The van der Waals surface area contributed by atoms with Crippen molar-refractivity contribution < 1.29 is 9.47 Å². The van der Waals surface area contributed by atoms with Gasteiger partial charge >= 0.3 is 0 Å². The summed E-state index contributed by atoms with van der Waals surface area (Å²) in [5.74, 6) is 2.48. The summed E-state index contributed by atoms with van der Waals surface area (Å²) in [6.07, 6.45) is 5.44. The van der Waals surface area contributed by atoms with Crippen LogP contribution in [0.1, 0.15) is 38.2 Å². The number of fused-ring (bicyclic) bond motifs is 1. The first-order valence-corrected chi connectivity index (χ1v) is 9.37. The Labute approximate surface area is 150 Å². The van der Waals surface area contributed by atoms with Gasteiger partial charge in [-0.05, 0) is 44.5 Å². The van der Waals surface area contributed by atoms with E-state index in [4.69, 9.17) is 9.47 Å². The van der Waals surface area contributed by atoms with Crippen molar-refractivity contribution in [3.05, 3.63) is 23.8 Å². The summed E-state index contributed by atoms with van der Waals surface area (Å²) in [5, 5.41) is 6.75. The number of rotatable bonds is 7. The summed E-state index contributed by atoms with van der Waals surface area (Å²) in [5.41, 5.74) is 1.12. The number of nitrogens with one attached hydrogen (secondary N) is 2. The van der Waals surface area contributed by atoms with Crippen LogP contribution in [0.2, 0.25) is 0 Å². The van der Waals surface area contributed by atoms with Crippen LogP contribution in [0.5, 0.6) is 11.5 Å². The molecule has 6 heteroatoms. The summed E-state index contributed by atoms with van der Waals surface area (Å²) in [7, 11) is 2.23. The zero-order valence-corrected chi connectivity index (χ0v) is 15.4. The highest BCUT2D eigenvalue weighted by atomic mass is 16.7. The molecule has 6 nitrogen and oxygen atoms in total. The molecule has 1 saturated carbocycles. The number of hydrogen-bond acceptors (Lipinski definition) is 4. The summed E-state index contributed by atoms with van der Waals surface area (Å²) in [6.45, 7) is 5.80. The van der Waals surface area contributed by atoms with Crippen molar-refractivity contribution in [1.29, 1.82) is 0 Å². The Morgan fingerprint density at radius 1 is 1.20 bits per heavy atom. The highest BCUT2D eigenvalue weighted by Crippen LogP contribution is 2.32. The topological polar surface area (TPSA) is 58.1 Å². The van der Waals surface area contributed by atoms with Crippen LogP contribution in [0, 0.1) is 0 Å². The van der Waals surface area contributed by atoms with E-state index in [1.807, 2.05) is 18.2 Å². The van der Waals surface area contributed by atoms with E-state index in [-0.39, 0.29) is 0 Å². The van der Waals surface area contributed by atoms with Gasteiger partial charge in [0.15, 0.2) is 17.5 Å². The van der Waals surface area contributed by atoms with Crippen LogP contribution in [0.15, 0.2) is 23.2 Å². The molecule has 1 aromatic rings. The minimum atomic E-state index is 0.306. The minimum absolute atomic E-state index is 0.306. The first-order chi connectivity index (χ1) is 12.3. The predicted molar refractivity (Wildman–Crippen MR) is 100 cm³/mol. The predicted octanol–water partition coefficient (Wildman–Crippen LogP) is 2.34. The van der Waals surface area contributed by atoms with E-state index >= 15 is 0 Å². The Balaban J connectivity index is 1.48. The van der Waals surface area contributed by atoms with Crippen LogP contribution >= 0.6 is 0 Å². The second-order valence-corrected chi connectivity index (χ2v) is 6.73. The van der Waals surface area contributed by atoms with Gasteiger partial charge in [-0.3, -0.25) is 0 Å². The maximum atomic E-state index is 5.43.